The molecule has 0 aliphatic carbocycles. The molecule has 0 bridgehead atoms. The van der Waals surface area contributed by atoms with E-state index in [9.17, 15) is 13.2 Å². The van der Waals surface area contributed by atoms with Gasteiger partial charge in [-0.05, 0) is 37.1 Å². The fourth-order valence-electron chi connectivity index (χ4n) is 2.75. The van der Waals surface area contributed by atoms with Crippen LogP contribution >= 0.6 is 12.4 Å². The van der Waals surface area contributed by atoms with Crippen molar-refractivity contribution < 1.29 is 13.2 Å². The Bertz CT molecular complexity index is 629. The molecule has 1 aliphatic heterocycles. The molecule has 0 unspecified atom stereocenters. The number of piperidine rings is 1. The number of nitrogens with one attached hydrogen (secondary N) is 2. The minimum atomic E-state index is -3.40. The summed E-state index contributed by atoms with van der Waals surface area (Å²) < 4.78 is 26.7. The van der Waals surface area contributed by atoms with E-state index >= 15 is 0 Å². The normalized spacial score (nSPS) is 15.4. The van der Waals surface area contributed by atoms with Gasteiger partial charge in [0.2, 0.25) is 15.9 Å². The summed E-state index contributed by atoms with van der Waals surface area (Å²) in [4.78, 5) is 12.1. The molecule has 1 heterocycles. The molecule has 0 spiro atoms. The average Bonchev–Trinajstić information content (AvgIpc) is 2.60. The first-order valence-electron chi connectivity index (χ1n) is 8.60. The van der Waals surface area contributed by atoms with Crippen molar-refractivity contribution in [3.63, 3.8) is 0 Å². The fourth-order valence-corrected chi connectivity index (χ4v) is 4.27. The molecule has 6 nitrogen and oxygen atoms in total. The van der Waals surface area contributed by atoms with E-state index in [4.69, 9.17) is 0 Å². The summed E-state index contributed by atoms with van der Waals surface area (Å²) in [6.45, 7) is 5.42. The van der Waals surface area contributed by atoms with Crippen LogP contribution in [-0.2, 0) is 21.2 Å². The van der Waals surface area contributed by atoms with Crippen molar-refractivity contribution in [1.29, 1.82) is 0 Å². The van der Waals surface area contributed by atoms with E-state index in [1.165, 1.54) is 0 Å². The maximum Gasteiger partial charge on any atom is 0.243 e. The van der Waals surface area contributed by atoms with Gasteiger partial charge < -0.3 is 10.6 Å². The van der Waals surface area contributed by atoms with Crippen molar-refractivity contribution >= 4 is 28.3 Å². The van der Waals surface area contributed by atoms with Gasteiger partial charge in [0.05, 0.1) is 11.3 Å². The Morgan fingerprint density at radius 3 is 2.32 bits per heavy atom. The highest BCUT2D eigenvalue weighted by Crippen LogP contribution is 2.20. The van der Waals surface area contributed by atoms with Crippen LogP contribution in [0.1, 0.15) is 31.7 Å². The van der Waals surface area contributed by atoms with Crippen LogP contribution < -0.4 is 10.6 Å². The van der Waals surface area contributed by atoms with E-state index in [0.29, 0.717) is 24.5 Å². The number of amides is 1. The van der Waals surface area contributed by atoms with Gasteiger partial charge in [-0.3, -0.25) is 4.79 Å². The lowest BCUT2D eigenvalue weighted by Crippen LogP contribution is -2.35. The number of benzene rings is 1. The molecule has 142 valence electrons. The number of halogens is 1. The SMILES string of the molecule is CCNCCNC(=O)Cc1ccc(S(=O)(=O)N2CCCCC2)cc1.Cl. The van der Waals surface area contributed by atoms with Gasteiger partial charge in [0.25, 0.3) is 0 Å². The standard InChI is InChI=1S/C17H27N3O3S.ClH/c1-2-18-10-11-19-17(21)14-15-6-8-16(9-7-15)24(22,23)20-12-4-3-5-13-20;/h6-9,18H,2-5,10-14H2,1H3,(H,19,21);1H. The second-order valence-electron chi connectivity index (χ2n) is 5.99. The van der Waals surface area contributed by atoms with Crippen LogP contribution in [0.2, 0.25) is 0 Å². The van der Waals surface area contributed by atoms with Gasteiger partial charge in [0.1, 0.15) is 0 Å². The summed E-state index contributed by atoms with van der Waals surface area (Å²) in [5.41, 5.74) is 0.813. The third kappa shape index (κ3) is 6.58. The van der Waals surface area contributed by atoms with Crippen LogP contribution in [0, 0.1) is 0 Å². The minimum Gasteiger partial charge on any atom is -0.355 e. The van der Waals surface area contributed by atoms with E-state index < -0.39 is 10.0 Å². The highest BCUT2D eigenvalue weighted by Gasteiger charge is 2.25. The predicted molar refractivity (Wildman–Crippen MR) is 102 cm³/mol. The first-order chi connectivity index (χ1) is 11.5. The Balaban J connectivity index is 0.00000312. The maximum absolute atomic E-state index is 12.6. The van der Waals surface area contributed by atoms with Crippen molar-refractivity contribution in [3.05, 3.63) is 29.8 Å². The molecular formula is C17H28ClN3O3S. The van der Waals surface area contributed by atoms with Crippen LogP contribution in [0.5, 0.6) is 0 Å². The van der Waals surface area contributed by atoms with Crippen molar-refractivity contribution in [2.24, 2.45) is 0 Å². The van der Waals surface area contributed by atoms with E-state index in [0.717, 1.165) is 37.9 Å². The second-order valence-corrected chi connectivity index (χ2v) is 7.93. The smallest absolute Gasteiger partial charge is 0.243 e. The number of carbonyl (C=O) groups excluding carboxylic acids is 1. The van der Waals surface area contributed by atoms with E-state index in [2.05, 4.69) is 10.6 Å². The van der Waals surface area contributed by atoms with Crippen LogP contribution in [0.4, 0.5) is 0 Å². The van der Waals surface area contributed by atoms with Crippen LogP contribution in [0.15, 0.2) is 29.2 Å². The lowest BCUT2D eigenvalue weighted by Gasteiger charge is -2.25. The molecule has 1 fully saturated rings. The van der Waals surface area contributed by atoms with Crippen LogP contribution in [-0.4, -0.2) is 51.4 Å². The van der Waals surface area contributed by atoms with Crippen molar-refractivity contribution in [2.75, 3.05) is 32.7 Å². The monoisotopic (exact) mass is 389 g/mol. The molecule has 1 aromatic carbocycles. The zero-order valence-electron chi connectivity index (χ0n) is 14.7. The molecule has 1 amide bonds. The highest BCUT2D eigenvalue weighted by molar-refractivity contribution is 7.89. The second kappa shape index (κ2) is 10.8. The zero-order chi connectivity index (χ0) is 17.4. The van der Waals surface area contributed by atoms with Crippen molar-refractivity contribution in [3.8, 4) is 0 Å². The van der Waals surface area contributed by atoms with Gasteiger partial charge in [-0.15, -0.1) is 12.4 Å². The Hall–Kier alpha value is -1.15. The summed E-state index contributed by atoms with van der Waals surface area (Å²) >= 11 is 0. The molecule has 8 heteroatoms. The summed E-state index contributed by atoms with van der Waals surface area (Å²) in [7, 11) is -3.40. The van der Waals surface area contributed by atoms with Crippen molar-refractivity contribution in [1.82, 2.24) is 14.9 Å². The van der Waals surface area contributed by atoms with Gasteiger partial charge in [0, 0.05) is 26.2 Å². The third-order valence-electron chi connectivity index (χ3n) is 4.11. The predicted octanol–water partition coefficient (Wildman–Crippen LogP) is 1.55. The van der Waals surface area contributed by atoms with E-state index in [1.54, 1.807) is 28.6 Å². The minimum absolute atomic E-state index is 0. The van der Waals surface area contributed by atoms with Crippen LogP contribution in [0.25, 0.3) is 0 Å². The first kappa shape index (κ1) is 21.9. The lowest BCUT2D eigenvalue weighted by atomic mass is 10.1. The number of sulfonamides is 1. The quantitative estimate of drug-likeness (QED) is 0.661. The number of hydrogen-bond donors (Lipinski definition) is 2. The van der Waals surface area contributed by atoms with Gasteiger partial charge in [-0.1, -0.05) is 25.5 Å². The summed E-state index contributed by atoms with van der Waals surface area (Å²) in [6, 6.07) is 6.65. The number of rotatable bonds is 8. The summed E-state index contributed by atoms with van der Waals surface area (Å²) in [5.74, 6) is -0.0560. The van der Waals surface area contributed by atoms with Gasteiger partial charge in [-0.25, -0.2) is 8.42 Å². The molecule has 1 aliphatic rings. The van der Waals surface area contributed by atoms with Gasteiger partial charge >= 0.3 is 0 Å². The topological polar surface area (TPSA) is 78.5 Å². The number of hydrogen-bond acceptors (Lipinski definition) is 4. The molecular weight excluding hydrogens is 362 g/mol. The molecule has 0 saturated carbocycles. The summed E-state index contributed by atoms with van der Waals surface area (Å²) in [6.07, 6.45) is 3.19. The molecule has 1 saturated heterocycles. The number of nitrogens with zero attached hydrogens (tertiary/aromatic N) is 1. The van der Waals surface area contributed by atoms with E-state index in [-0.39, 0.29) is 24.7 Å². The highest BCUT2D eigenvalue weighted by atomic mass is 35.5. The third-order valence-corrected chi connectivity index (χ3v) is 6.03. The van der Waals surface area contributed by atoms with Crippen LogP contribution in [0.3, 0.4) is 0 Å². The van der Waals surface area contributed by atoms with Gasteiger partial charge in [0.15, 0.2) is 0 Å². The number of likely N-dealkylation sites (N-methyl/N-ethyl adjacent to an activating group) is 1. The zero-order valence-corrected chi connectivity index (χ0v) is 16.3. The first-order valence-corrected chi connectivity index (χ1v) is 10.0. The molecule has 25 heavy (non-hydrogen) atoms. The average molecular weight is 390 g/mol. The molecule has 0 radical (unpaired) electrons. The Labute approximate surface area is 156 Å². The fraction of sp³-hybridized carbons (Fsp3) is 0.588. The Morgan fingerprint density at radius 2 is 1.72 bits per heavy atom. The maximum atomic E-state index is 12.6. The lowest BCUT2D eigenvalue weighted by molar-refractivity contribution is -0.120. The molecule has 0 aromatic heterocycles. The van der Waals surface area contributed by atoms with Gasteiger partial charge in [-0.2, -0.15) is 4.31 Å². The summed E-state index contributed by atoms with van der Waals surface area (Å²) in [5, 5.41) is 5.97. The molecule has 0 atom stereocenters. The Morgan fingerprint density at radius 1 is 1.08 bits per heavy atom. The Kier molecular flexibility index (Phi) is 9.42. The molecule has 1 aromatic rings. The van der Waals surface area contributed by atoms with Crippen molar-refractivity contribution in [2.45, 2.75) is 37.5 Å². The number of carbonyl (C=O) groups is 1. The largest absolute Gasteiger partial charge is 0.355 e. The molecule has 2 rings (SSSR count). The molecule has 2 N–H and O–H groups in total. The van der Waals surface area contributed by atoms with E-state index in [1.807, 2.05) is 6.92 Å².